The van der Waals surface area contributed by atoms with Crippen LogP contribution in [0.5, 0.6) is 0 Å². The Labute approximate surface area is 143 Å². The highest BCUT2D eigenvalue weighted by Gasteiger charge is 2.62. The molecule has 0 aromatic heterocycles. The minimum Gasteiger partial charge on any atom is -0.510 e. The molecule has 3 saturated carbocycles. The molecule has 7 atom stereocenters. The van der Waals surface area contributed by atoms with Crippen molar-refractivity contribution < 1.29 is 15.0 Å². The Morgan fingerprint density at radius 1 is 1.04 bits per heavy atom. The van der Waals surface area contributed by atoms with Crippen molar-refractivity contribution in [1.29, 1.82) is 0 Å². The molecule has 0 radical (unpaired) electrons. The SMILES string of the molecule is C[C@@]12CCC[C@H]1[C@@H]1CCC3C(O)C(=O)C(Cl)=C(O)[C@]3(C)[C@H]1CC2. The van der Waals surface area contributed by atoms with E-state index in [0.717, 1.165) is 25.2 Å². The van der Waals surface area contributed by atoms with Gasteiger partial charge in [-0.1, -0.05) is 31.9 Å². The summed E-state index contributed by atoms with van der Waals surface area (Å²) in [5, 5.41) is 21.1. The minimum atomic E-state index is -1.05. The molecule has 128 valence electrons. The fourth-order valence-electron chi connectivity index (χ4n) is 6.88. The van der Waals surface area contributed by atoms with Crippen LogP contribution in [0.25, 0.3) is 0 Å². The summed E-state index contributed by atoms with van der Waals surface area (Å²) in [5.74, 6) is 1.01. The van der Waals surface area contributed by atoms with Gasteiger partial charge in [0.2, 0.25) is 5.78 Å². The summed E-state index contributed by atoms with van der Waals surface area (Å²) in [4.78, 5) is 12.1. The Morgan fingerprint density at radius 3 is 2.52 bits per heavy atom. The van der Waals surface area contributed by atoms with Crippen molar-refractivity contribution in [2.75, 3.05) is 0 Å². The number of hydrogen-bond donors (Lipinski definition) is 2. The highest BCUT2D eigenvalue weighted by atomic mass is 35.5. The summed E-state index contributed by atoms with van der Waals surface area (Å²) in [7, 11) is 0. The van der Waals surface area contributed by atoms with E-state index in [1.54, 1.807) is 0 Å². The van der Waals surface area contributed by atoms with Crippen molar-refractivity contribution in [3.8, 4) is 0 Å². The number of halogens is 1. The summed E-state index contributed by atoms with van der Waals surface area (Å²) >= 11 is 6.11. The molecule has 0 bridgehead atoms. The highest BCUT2D eigenvalue weighted by Crippen LogP contribution is 2.66. The van der Waals surface area contributed by atoms with E-state index in [1.807, 2.05) is 6.92 Å². The Kier molecular flexibility index (Phi) is 3.46. The number of Topliss-reactive ketones (excluding diaryl/α,β-unsaturated/α-hetero) is 1. The van der Waals surface area contributed by atoms with Gasteiger partial charge >= 0.3 is 0 Å². The van der Waals surface area contributed by atoms with Gasteiger partial charge in [-0.15, -0.1) is 0 Å². The van der Waals surface area contributed by atoms with E-state index in [-0.39, 0.29) is 16.7 Å². The third-order valence-electron chi connectivity index (χ3n) is 8.15. The van der Waals surface area contributed by atoms with E-state index in [4.69, 9.17) is 11.6 Å². The number of aliphatic hydroxyl groups is 2. The van der Waals surface area contributed by atoms with Gasteiger partial charge in [0.25, 0.3) is 0 Å². The summed E-state index contributed by atoms with van der Waals surface area (Å²) < 4.78 is 0. The molecule has 0 amide bonds. The number of carbonyl (C=O) groups is 1. The standard InChI is InChI=1S/C19H27ClO3/c1-18-8-3-4-11(18)10-5-6-13-15(21)16(22)14(20)17(23)19(13,2)12(10)7-9-18/h10-13,15,21,23H,3-9H2,1-2H3/t10-,11-,12-,13?,15?,18-,19+/m0/s1. The molecule has 3 fully saturated rings. The molecule has 0 aromatic carbocycles. The van der Waals surface area contributed by atoms with Gasteiger partial charge in [-0.05, 0) is 61.7 Å². The lowest BCUT2D eigenvalue weighted by Crippen LogP contribution is -2.57. The lowest BCUT2D eigenvalue weighted by Gasteiger charge is -2.59. The first kappa shape index (κ1) is 16.0. The van der Waals surface area contributed by atoms with Gasteiger partial charge in [-0.2, -0.15) is 0 Å². The average molecular weight is 339 g/mol. The van der Waals surface area contributed by atoms with Crippen molar-refractivity contribution in [2.24, 2.45) is 34.5 Å². The first-order valence-electron chi connectivity index (χ1n) is 9.12. The number of carbonyl (C=O) groups excluding carboxylic acids is 1. The zero-order chi connectivity index (χ0) is 16.6. The van der Waals surface area contributed by atoms with Gasteiger partial charge in [-0.25, -0.2) is 0 Å². The minimum absolute atomic E-state index is 0.0516. The van der Waals surface area contributed by atoms with Crippen LogP contribution in [0.1, 0.15) is 58.8 Å². The molecule has 4 heteroatoms. The first-order valence-corrected chi connectivity index (χ1v) is 9.50. The fourth-order valence-corrected chi connectivity index (χ4v) is 7.19. The Hall–Kier alpha value is -0.540. The van der Waals surface area contributed by atoms with E-state index >= 15 is 0 Å². The van der Waals surface area contributed by atoms with Crippen LogP contribution in [-0.4, -0.2) is 22.1 Å². The van der Waals surface area contributed by atoms with E-state index in [9.17, 15) is 15.0 Å². The highest BCUT2D eigenvalue weighted by molar-refractivity contribution is 6.43. The zero-order valence-electron chi connectivity index (χ0n) is 14.0. The Bertz CT molecular complexity index is 585. The zero-order valence-corrected chi connectivity index (χ0v) is 14.8. The van der Waals surface area contributed by atoms with Gasteiger partial charge in [0, 0.05) is 11.3 Å². The summed E-state index contributed by atoms with van der Waals surface area (Å²) in [6.45, 7) is 4.48. The van der Waals surface area contributed by atoms with Crippen molar-refractivity contribution in [3.63, 3.8) is 0 Å². The molecule has 0 aliphatic heterocycles. The van der Waals surface area contributed by atoms with Crippen LogP contribution in [0.3, 0.4) is 0 Å². The van der Waals surface area contributed by atoms with Crippen molar-refractivity contribution in [2.45, 2.75) is 64.9 Å². The lowest BCUT2D eigenvalue weighted by atomic mass is 9.45. The predicted octanol–water partition coefficient (Wildman–Crippen LogP) is 4.19. The van der Waals surface area contributed by atoms with E-state index in [1.165, 1.54) is 25.7 Å². The molecule has 4 aliphatic carbocycles. The second-order valence-electron chi connectivity index (χ2n) is 8.90. The number of fused-ring (bicyclic) bond motifs is 5. The van der Waals surface area contributed by atoms with Gasteiger partial charge in [0.05, 0.1) is 0 Å². The van der Waals surface area contributed by atoms with Crippen molar-refractivity contribution in [3.05, 3.63) is 10.8 Å². The third-order valence-corrected chi connectivity index (χ3v) is 8.52. The van der Waals surface area contributed by atoms with Gasteiger partial charge < -0.3 is 10.2 Å². The average Bonchev–Trinajstić information content (AvgIpc) is 2.93. The van der Waals surface area contributed by atoms with Crippen LogP contribution in [0, 0.1) is 34.5 Å². The topological polar surface area (TPSA) is 57.5 Å². The monoisotopic (exact) mass is 338 g/mol. The number of aliphatic hydroxyl groups excluding tert-OH is 2. The smallest absolute Gasteiger partial charge is 0.206 e. The van der Waals surface area contributed by atoms with Crippen LogP contribution >= 0.6 is 11.6 Å². The first-order chi connectivity index (χ1) is 10.8. The van der Waals surface area contributed by atoms with Gasteiger partial charge in [0.1, 0.15) is 16.9 Å². The second-order valence-corrected chi connectivity index (χ2v) is 9.28. The second kappa shape index (κ2) is 4.98. The molecule has 2 unspecified atom stereocenters. The quantitative estimate of drug-likeness (QED) is 0.696. The Balaban J connectivity index is 1.78. The molecule has 4 aliphatic rings. The van der Waals surface area contributed by atoms with E-state index < -0.39 is 17.3 Å². The van der Waals surface area contributed by atoms with Crippen LogP contribution in [0.15, 0.2) is 10.8 Å². The molecule has 2 N–H and O–H groups in total. The van der Waals surface area contributed by atoms with Crippen LogP contribution < -0.4 is 0 Å². The van der Waals surface area contributed by atoms with Crippen LogP contribution in [-0.2, 0) is 4.79 Å². The number of allylic oxidation sites excluding steroid dienone is 1. The summed E-state index contributed by atoms with van der Waals surface area (Å²) in [6, 6.07) is 0. The number of ketones is 1. The van der Waals surface area contributed by atoms with Gasteiger partial charge in [-0.3, -0.25) is 4.79 Å². The normalized spacial score (nSPS) is 52.9. The molecule has 23 heavy (non-hydrogen) atoms. The molecule has 3 nitrogen and oxygen atoms in total. The molecule has 0 aromatic rings. The molecule has 0 heterocycles. The lowest BCUT2D eigenvalue weighted by molar-refractivity contribution is -0.147. The van der Waals surface area contributed by atoms with Crippen molar-refractivity contribution >= 4 is 17.4 Å². The molecular weight excluding hydrogens is 312 g/mol. The van der Waals surface area contributed by atoms with E-state index in [0.29, 0.717) is 17.3 Å². The van der Waals surface area contributed by atoms with E-state index in [2.05, 4.69) is 6.92 Å². The largest absolute Gasteiger partial charge is 0.510 e. The van der Waals surface area contributed by atoms with Crippen molar-refractivity contribution in [1.82, 2.24) is 0 Å². The summed E-state index contributed by atoms with van der Waals surface area (Å²) in [5.41, 5.74) is -0.0894. The maximum absolute atomic E-state index is 12.1. The van der Waals surface area contributed by atoms with Gasteiger partial charge in [0.15, 0.2) is 0 Å². The maximum atomic E-state index is 12.1. The maximum Gasteiger partial charge on any atom is 0.206 e. The van der Waals surface area contributed by atoms with Crippen LogP contribution in [0.2, 0.25) is 0 Å². The number of hydrogen-bond acceptors (Lipinski definition) is 3. The number of rotatable bonds is 0. The molecule has 4 rings (SSSR count). The predicted molar refractivity (Wildman–Crippen MR) is 89.0 cm³/mol. The molecule has 0 saturated heterocycles. The van der Waals surface area contributed by atoms with Crippen LogP contribution in [0.4, 0.5) is 0 Å². The fraction of sp³-hybridized carbons (Fsp3) is 0.842. The molecule has 0 spiro atoms. The summed E-state index contributed by atoms with van der Waals surface area (Å²) in [6.07, 6.45) is 7.01. The Morgan fingerprint density at radius 2 is 1.78 bits per heavy atom. The third kappa shape index (κ3) is 1.90. The molecular formula is C19H27ClO3.